The second-order valence-electron chi connectivity index (χ2n) is 14.2. The lowest BCUT2D eigenvalue weighted by atomic mass is 9.95. The number of ether oxygens (including phenoxy) is 2. The van der Waals surface area contributed by atoms with E-state index < -0.39 is 11.6 Å². The largest absolute Gasteiger partial charge is 0.508 e. The predicted molar refractivity (Wildman–Crippen MR) is 184 cm³/mol. The summed E-state index contributed by atoms with van der Waals surface area (Å²) in [7, 11) is 3.33. The van der Waals surface area contributed by atoms with Crippen LogP contribution in [0, 0.1) is 24.0 Å². The first-order chi connectivity index (χ1) is 24.1. The third-order valence-electron chi connectivity index (χ3n) is 10.9. The number of piperazine rings is 1. The molecule has 11 nitrogen and oxygen atoms in total. The normalized spacial score (nSPS) is 24.5. The van der Waals surface area contributed by atoms with E-state index in [0.29, 0.717) is 55.0 Å². The highest BCUT2D eigenvalue weighted by Crippen LogP contribution is 2.44. The van der Waals surface area contributed by atoms with Gasteiger partial charge in [0.05, 0.1) is 16.5 Å². The molecule has 3 unspecified atom stereocenters. The molecule has 4 aromatic rings. The maximum atomic E-state index is 16.9. The molecular formula is C37H39F2N7O4. The van der Waals surface area contributed by atoms with E-state index in [-0.39, 0.29) is 57.2 Å². The van der Waals surface area contributed by atoms with Crippen molar-refractivity contribution in [3.05, 3.63) is 47.7 Å². The predicted octanol–water partition coefficient (Wildman–Crippen LogP) is 4.82. The van der Waals surface area contributed by atoms with Crippen LogP contribution in [0.1, 0.15) is 44.1 Å². The number of rotatable bonds is 7. The number of hydrogen-bond donors (Lipinski definition) is 2. The molecule has 0 aliphatic carbocycles. The summed E-state index contributed by atoms with van der Waals surface area (Å²) in [6, 6.07) is 6.22. The van der Waals surface area contributed by atoms with Gasteiger partial charge < -0.3 is 29.7 Å². The minimum absolute atomic E-state index is 0.0108. The van der Waals surface area contributed by atoms with Crippen LogP contribution in [0.2, 0.25) is 0 Å². The Labute approximate surface area is 288 Å². The summed E-state index contributed by atoms with van der Waals surface area (Å²) in [5.41, 5.74) is -0.282. The molecule has 2 aromatic carbocycles. The van der Waals surface area contributed by atoms with E-state index >= 15 is 4.39 Å². The van der Waals surface area contributed by atoms with Gasteiger partial charge >= 0.3 is 12.1 Å². The number of fused-ring (bicyclic) bond motifs is 5. The van der Waals surface area contributed by atoms with Crippen molar-refractivity contribution in [1.29, 1.82) is 0 Å². The van der Waals surface area contributed by atoms with Gasteiger partial charge in [-0.2, -0.15) is 9.97 Å². The number of pyridine rings is 1. The first kappa shape index (κ1) is 32.4. The van der Waals surface area contributed by atoms with Gasteiger partial charge in [0.2, 0.25) is 0 Å². The number of benzene rings is 2. The third-order valence-corrected chi connectivity index (χ3v) is 10.9. The lowest BCUT2D eigenvalue weighted by Gasteiger charge is -2.35. The van der Waals surface area contributed by atoms with Gasteiger partial charge in [-0.25, -0.2) is 13.6 Å². The van der Waals surface area contributed by atoms with Gasteiger partial charge in [-0.3, -0.25) is 9.88 Å². The van der Waals surface area contributed by atoms with Gasteiger partial charge in [-0.1, -0.05) is 12.0 Å². The van der Waals surface area contributed by atoms with Crippen LogP contribution in [0.25, 0.3) is 32.9 Å². The molecule has 0 saturated carbocycles. The van der Waals surface area contributed by atoms with Crippen molar-refractivity contribution in [3.8, 4) is 35.4 Å². The molecule has 13 heteroatoms. The van der Waals surface area contributed by atoms with Crippen molar-refractivity contribution in [1.82, 2.24) is 30.1 Å². The van der Waals surface area contributed by atoms with Crippen molar-refractivity contribution in [2.45, 2.75) is 62.2 Å². The molecule has 6 heterocycles. The number of carbonyl (C=O) groups excluding carboxylic acids is 1. The molecule has 4 fully saturated rings. The van der Waals surface area contributed by atoms with Crippen LogP contribution in [0.4, 0.5) is 19.4 Å². The maximum absolute atomic E-state index is 16.9. The molecule has 2 N–H and O–H groups in total. The van der Waals surface area contributed by atoms with Crippen LogP contribution in [0.5, 0.6) is 11.8 Å². The number of anilines is 1. The van der Waals surface area contributed by atoms with Gasteiger partial charge in [0.25, 0.3) is 0 Å². The molecule has 260 valence electrons. The van der Waals surface area contributed by atoms with E-state index in [1.807, 2.05) is 0 Å². The number of carbonyl (C=O) groups is 1. The SMILES string of the molecule is C#Cc1c(F)ccc2cc(O)cc(-c3ncc4c(N5CC6CCC(C5)N6)nc(OCC56CCCN5[C@@H](COC(=O)N(C)C)CC6)nc4c3F)c12. The van der Waals surface area contributed by atoms with E-state index in [1.165, 1.54) is 35.4 Å². The summed E-state index contributed by atoms with van der Waals surface area (Å²) in [6.07, 6.45) is 12.6. The summed E-state index contributed by atoms with van der Waals surface area (Å²) in [5.74, 6) is 1.40. The smallest absolute Gasteiger partial charge is 0.409 e. The minimum Gasteiger partial charge on any atom is -0.508 e. The van der Waals surface area contributed by atoms with Crippen molar-refractivity contribution in [3.63, 3.8) is 0 Å². The number of aromatic nitrogens is 3. The van der Waals surface area contributed by atoms with E-state index in [1.54, 1.807) is 14.1 Å². The summed E-state index contributed by atoms with van der Waals surface area (Å²) in [4.78, 5) is 32.1. The lowest BCUT2D eigenvalue weighted by Crippen LogP contribution is -2.51. The molecule has 2 bridgehead atoms. The molecule has 1 amide bonds. The fourth-order valence-corrected chi connectivity index (χ4v) is 8.52. The van der Waals surface area contributed by atoms with Crippen LogP contribution < -0.4 is 15.0 Å². The first-order valence-corrected chi connectivity index (χ1v) is 17.2. The zero-order valence-electron chi connectivity index (χ0n) is 28.1. The lowest BCUT2D eigenvalue weighted by molar-refractivity contribution is 0.0484. The van der Waals surface area contributed by atoms with Crippen LogP contribution in [0.15, 0.2) is 30.5 Å². The zero-order chi connectivity index (χ0) is 34.7. The molecule has 4 aliphatic rings. The average molecular weight is 684 g/mol. The molecular weight excluding hydrogens is 644 g/mol. The first-order valence-electron chi connectivity index (χ1n) is 17.2. The number of phenolic OH excluding ortho intramolecular Hbond substituents is 1. The van der Waals surface area contributed by atoms with E-state index in [9.17, 15) is 14.3 Å². The van der Waals surface area contributed by atoms with Crippen molar-refractivity contribution in [2.75, 3.05) is 51.8 Å². The van der Waals surface area contributed by atoms with Crippen LogP contribution >= 0.6 is 0 Å². The van der Waals surface area contributed by atoms with Gasteiger partial charge in [0.1, 0.15) is 41.8 Å². The highest BCUT2D eigenvalue weighted by atomic mass is 19.1. The molecule has 4 saturated heterocycles. The molecule has 2 aromatic heterocycles. The monoisotopic (exact) mass is 683 g/mol. The second-order valence-corrected chi connectivity index (χ2v) is 14.2. The zero-order valence-corrected chi connectivity index (χ0v) is 28.1. The topological polar surface area (TPSA) is 116 Å². The van der Waals surface area contributed by atoms with E-state index in [4.69, 9.17) is 20.9 Å². The summed E-state index contributed by atoms with van der Waals surface area (Å²) in [5, 5.41) is 15.4. The Morgan fingerprint density at radius 2 is 1.96 bits per heavy atom. The fourth-order valence-electron chi connectivity index (χ4n) is 8.52. The van der Waals surface area contributed by atoms with E-state index in [2.05, 4.69) is 31.0 Å². The Balaban J connectivity index is 1.18. The van der Waals surface area contributed by atoms with Crippen molar-refractivity contribution >= 4 is 33.6 Å². The number of halogens is 2. The fraction of sp³-hybridized carbons (Fsp3) is 0.459. The Morgan fingerprint density at radius 3 is 2.72 bits per heavy atom. The molecule has 4 atom stereocenters. The van der Waals surface area contributed by atoms with E-state index in [0.717, 1.165) is 45.1 Å². The Kier molecular flexibility index (Phi) is 8.11. The summed E-state index contributed by atoms with van der Waals surface area (Å²) < 4.78 is 43.8. The van der Waals surface area contributed by atoms with Crippen LogP contribution in [0.3, 0.4) is 0 Å². The standard InChI is InChI=1S/C37H39F2N7O4/c1-4-26-29(38)9-6-21-14-25(47)15-27(30(21)26)32-31(39)33-28(16-40-32)34(45-17-22-7-8-23(18-45)41-22)43-35(42-33)50-20-37-11-5-13-46(37)24(10-12-37)19-49-36(48)44(2)3/h1,6,9,14-16,22-24,41,47H,5,7-8,10-13,17-20H2,2-3H3/t22?,23?,24-,37?/m1/s1. The Bertz CT molecular complexity index is 2040. The summed E-state index contributed by atoms with van der Waals surface area (Å²) >= 11 is 0. The van der Waals surface area contributed by atoms with Crippen LogP contribution in [-0.4, -0.2) is 107 Å². The number of nitrogens with zero attached hydrogens (tertiary/aromatic N) is 6. The van der Waals surface area contributed by atoms with Gasteiger partial charge in [0.15, 0.2) is 5.82 Å². The number of hydrogen-bond acceptors (Lipinski definition) is 10. The molecule has 0 radical (unpaired) electrons. The molecule has 8 rings (SSSR count). The maximum Gasteiger partial charge on any atom is 0.409 e. The third kappa shape index (κ3) is 5.51. The highest BCUT2D eigenvalue weighted by molar-refractivity contribution is 6.03. The van der Waals surface area contributed by atoms with Gasteiger partial charge in [-0.05, 0) is 68.7 Å². The molecule has 0 spiro atoms. The van der Waals surface area contributed by atoms with Crippen molar-refractivity contribution < 1.29 is 28.2 Å². The van der Waals surface area contributed by atoms with Gasteiger partial charge in [-0.15, -0.1) is 6.42 Å². The molecule has 4 aliphatic heterocycles. The second kappa shape index (κ2) is 12.5. The van der Waals surface area contributed by atoms with Crippen molar-refractivity contribution in [2.24, 2.45) is 0 Å². The minimum atomic E-state index is -0.752. The van der Waals surface area contributed by atoms with Gasteiger partial charge in [0, 0.05) is 62.5 Å². The number of nitrogens with one attached hydrogen (secondary N) is 1. The Hall–Kier alpha value is -4.80. The quantitative estimate of drug-likeness (QED) is 0.263. The number of aromatic hydroxyl groups is 1. The Morgan fingerprint density at radius 1 is 1.16 bits per heavy atom. The average Bonchev–Trinajstić information content (AvgIpc) is 3.78. The number of amides is 1. The summed E-state index contributed by atoms with van der Waals surface area (Å²) in [6.45, 7) is 2.85. The highest BCUT2D eigenvalue weighted by Gasteiger charge is 2.50. The van der Waals surface area contributed by atoms with Crippen LogP contribution in [-0.2, 0) is 4.74 Å². The number of phenols is 1. The number of terminal acetylenes is 1. The molecule has 50 heavy (non-hydrogen) atoms.